The first-order valence-corrected chi connectivity index (χ1v) is 9.22. The van der Waals surface area contributed by atoms with Gasteiger partial charge in [-0.3, -0.25) is 0 Å². The highest BCUT2D eigenvalue weighted by Gasteiger charge is 2.24. The van der Waals surface area contributed by atoms with Crippen LogP contribution in [0.2, 0.25) is 5.02 Å². The fraction of sp³-hybridized carbons (Fsp3) is 0.600. The largest absolute Gasteiger partial charge is 0.398 e. The lowest BCUT2D eigenvalue weighted by Crippen LogP contribution is -2.33. The molecule has 21 heavy (non-hydrogen) atoms. The van der Waals surface area contributed by atoms with Crippen molar-refractivity contribution in [2.24, 2.45) is 11.8 Å². The molecular formula is C15H23ClN2O2S. The molecule has 2 rings (SSSR count). The molecule has 1 aliphatic carbocycles. The number of anilines is 1. The number of hydrogen-bond acceptors (Lipinski definition) is 3. The zero-order valence-corrected chi connectivity index (χ0v) is 14.1. The van der Waals surface area contributed by atoms with E-state index in [0.29, 0.717) is 34.7 Å². The number of nitrogens with one attached hydrogen (secondary N) is 1. The first kappa shape index (κ1) is 16.6. The van der Waals surface area contributed by atoms with Crippen LogP contribution in [-0.2, 0) is 10.0 Å². The summed E-state index contributed by atoms with van der Waals surface area (Å²) in [7, 11) is -3.56. The molecule has 0 aliphatic heterocycles. The first-order chi connectivity index (χ1) is 9.81. The average Bonchev–Trinajstić information content (AvgIpc) is 2.43. The summed E-state index contributed by atoms with van der Waals surface area (Å²) in [4.78, 5) is 0.138. The third-order valence-electron chi connectivity index (χ3n) is 4.49. The van der Waals surface area contributed by atoms with Gasteiger partial charge in [0, 0.05) is 17.3 Å². The van der Waals surface area contributed by atoms with Crippen LogP contribution in [0.25, 0.3) is 0 Å². The Kier molecular flexibility index (Phi) is 5.17. The molecule has 0 aromatic heterocycles. The highest BCUT2D eigenvalue weighted by Crippen LogP contribution is 2.30. The fourth-order valence-corrected chi connectivity index (χ4v) is 4.27. The van der Waals surface area contributed by atoms with Gasteiger partial charge in [0.15, 0.2) is 0 Å². The predicted octanol–water partition coefficient (Wildman–Crippen LogP) is 3.34. The minimum Gasteiger partial charge on any atom is -0.398 e. The van der Waals surface area contributed by atoms with E-state index in [1.54, 1.807) is 6.92 Å². The third kappa shape index (κ3) is 3.90. The van der Waals surface area contributed by atoms with Crippen LogP contribution in [0.1, 0.15) is 38.2 Å². The van der Waals surface area contributed by atoms with E-state index < -0.39 is 10.0 Å². The van der Waals surface area contributed by atoms with Crippen LogP contribution in [0.3, 0.4) is 0 Å². The molecule has 0 bridgehead atoms. The summed E-state index contributed by atoms with van der Waals surface area (Å²) in [6, 6.07) is 2.92. The summed E-state index contributed by atoms with van der Waals surface area (Å²) in [5, 5.41) is 0.376. The Bertz CT molecular complexity index is 593. The van der Waals surface area contributed by atoms with Gasteiger partial charge in [0.05, 0.1) is 4.90 Å². The number of benzene rings is 1. The summed E-state index contributed by atoms with van der Waals surface area (Å²) in [5.74, 6) is 0.972. The van der Waals surface area contributed by atoms with Crippen molar-refractivity contribution in [1.29, 1.82) is 0 Å². The lowest BCUT2D eigenvalue weighted by molar-refractivity contribution is 0.257. The highest BCUT2D eigenvalue weighted by molar-refractivity contribution is 7.89. The Balaban J connectivity index is 2.11. The molecule has 2 unspecified atom stereocenters. The van der Waals surface area contributed by atoms with Gasteiger partial charge < -0.3 is 5.73 Å². The Morgan fingerprint density at radius 1 is 1.33 bits per heavy atom. The maximum atomic E-state index is 12.4. The topological polar surface area (TPSA) is 72.2 Å². The Morgan fingerprint density at radius 3 is 2.62 bits per heavy atom. The van der Waals surface area contributed by atoms with Crippen molar-refractivity contribution >= 4 is 27.3 Å². The number of sulfonamides is 1. The molecule has 1 aliphatic rings. The van der Waals surface area contributed by atoms with Crippen LogP contribution < -0.4 is 10.5 Å². The molecule has 0 amide bonds. The van der Waals surface area contributed by atoms with Crippen LogP contribution in [0.15, 0.2) is 17.0 Å². The molecule has 2 atom stereocenters. The normalized spacial score (nSPS) is 23.2. The zero-order chi connectivity index (χ0) is 15.6. The van der Waals surface area contributed by atoms with E-state index in [-0.39, 0.29) is 4.90 Å². The maximum absolute atomic E-state index is 12.4. The monoisotopic (exact) mass is 330 g/mol. The Hall–Kier alpha value is -0.780. The second kappa shape index (κ2) is 6.55. The van der Waals surface area contributed by atoms with Gasteiger partial charge in [-0.15, -0.1) is 0 Å². The molecule has 1 fully saturated rings. The summed E-state index contributed by atoms with van der Waals surface area (Å²) in [6.45, 7) is 4.44. The van der Waals surface area contributed by atoms with Gasteiger partial charge in [0.25, 0.3) is 0 Å². The fourth-order valence-electron chi connectivity index (χ4n) is 2.83. The maximum Gasteiger partial charge on any atom is 0.240 e. The van der Waals surface area contributed by atoms with E-state index in [9.17, 15) is 8.42 Å². The summed E-state index contributed by atoms with van der Waals surface area (Å²) >= 11 is 6.02. The number of rotatable bonds is 4. The summed E-state index contributed by atoms with van der Waals surface area (Å²) in [5.41, 5.74) is 6.90. The highest BCUT2D eigenvalue weighted by atomic mass is 35.5. The lowest BCUT2D eigenvalue weighted by atomic mass is 9.81. The molecule has 0 saturated heterocycles. The van der Waals surface area contributed by atoms with Gasteiger partial charge >= 0.3 is 0 Å². The first-order valence-electron chi connectivity index (χ1n) is 7.36. The van der Waals surface area contributed by atoms with Crippen molar-refractivity contribution in [2.45, 2.75) is 44.4 Å². The van der Waals surface area contributed by atoms with Crippen molar-refractivity contribution in [1.82, 2.24) is 4.72 Å². The van der Waals surface area contributed by atoms with Gasteiger partial charge in [0.2, 0.25) is 10.0 Å². The van der Waals surface area contributed by atoms with Crippen LogP contribution in [0.4, 0.5) is 5.69 Å². The molecule has 118 valence electrons. The van der Waals surface area contributed by atoms with Crippen molar-refractivity contribution < 1.29 is 8.42 Å². The second-order valence-electron chi connectivity index (χ2n) is 5.99. The smallest absolute Gasteiger partial charge is 0.240 e. The van der Waals surface area contributed by atoms with E-state index in [1.807, 2.05) is 0 Å². The SMILES string of the molecule is Cc1c(N)cc(S(=O)(=O)NCC2CCCCC2C)cc1Cl. The Morgan fingerprint density at radius 2 is 2.00 bits per heavy atom. The molecule has 0 spiro atoms. The molecule has 4 nitrogen and oxygen atoms in total. The molecule has 3 N–H and O–H groups in total. The van der Waals surface area contributed by atoms with Crippen molar-refractivity contribution in [2.75, 3.05) is 12.3 Å². The van der Waals surface area contributed by atoms with E-state index in [1.165, 1.54) is 31.4 Å². The molecular weight excluding hydrogens is 308 g/mol. The van der Waals surface area contributed by atoms with Crippen LogP contribution in [0, 0.1) is 18.8 Å². The van der Waals surface area contributed by atoms with E-state index in [4.69, 9.17) is 17.3 Å². The number of halogens is 1. The predicted molar refractivity (Wildman–Crippen MR) is 86.9 cm³/mol. The van der Waals surface area contributed by atoms with Crippen molar-refractivity contribution in [3.05, 3.63) is 22.7 Å². The van der Waals surface area contributed by atoms with Gasteiger partial charge in [-0.2, -0.15) is 0 Å². The van der Waals surface area contributed by atoms with E-state index in [0.717, 1.165) is 6.42 Å². The molecule has 1 aromatic rings. The summed E-state index contributed by atoms with van der Waals surface area (Å²) in [6.07, 6.45) is 4.69. The standard InChI is InChI=1S/C15H23ClN2O2S/c1-10-5-3-4-6-12(10)9-18-21(19,20)13-7-14(16)11(2)15(17)8-13/h7-8,10,12,18H,3-6,9,17H2,1-2H3. The average molecular weight is 331 g/mol. The minimum absolute atomic E-state index is 0.138. The van der Waals surface area contributed by atoms with E-state index >= 15 is 0 Å². The van der Waals surface area contributed by atoms with E-state index in [2.05, 4.69) is 11.6 Å². The molecule has 0 radical (unpaired) electrons. The van der Waals surface area contributed by atoms with Crippen LogP contribution >= 0.6 is 11.6 Å². The van der Waals surface area contributed by atoms with Crippen molar-refractivity contribution in [3.63, 3.8) is 0 Å². The van der Waals surface area contributed by atoms with Crippen LogP contribution in [-0.4, -0.2) is 15.0 Å². The lowest BCUT2D eigenvalue weighted by Gasteiger charge is -2.28. The van der Waals surface area contributed by atoms with Crippen molar-refractivity contribution in [3.8, 4) is 0 Å². The zero-order valence-electron chi connectivity index (χ0n) is 12.5. The van der Waals surface area contributed by atoms with Gasteiger partial charge in [-0.25, -0.2) is 13.1 Å². The third-order valence-corrected chi connectivity index (χ3v) is 6.29. The Labute approximate surface area is 132 Å². The minimum atomic E-state index is -3.56. The summed E-state index contributed by atoms with van der Waals surface area (Å²) < 4.78 is 27.5. The number of nitrogens with two attached hydrogens (primary N) is 1. The number of nitrogen functional groups attached to an aromatic ring is 1. The van der Waals surface area contributed by atoms with Crippen LogP contribution in [0.5, 0.6) is 0 Å². The quantitative estimate of drug-likeness (QED) is 0.832. The van der Waals surface area contributed by atoms with Gasteiger partial charge in [-0.1, -0.05) is 37.8 Å². The second-order valence-corrected chi connectivity index (χ2v) is 8.17. The number of hydrogen-bond donors (Lipinski definition) is 2. The molecule has 0 heterocycles. The van der Waals surface area contributed by atoms with Gasteiger partial charge in [-0.05, 0) is 42.9 Å². The molecule has 1 saturated carbocycles. The molecule has 6 heteroatoms. The molecule has 1 aromatic carbocycles. The van der Waals surface area contributed by atoms with Gasteiger partial charge in [0.1, 0.15) is 0 Å².